The van der Waals surface area contributed by atoms with Crippen molar-refractivity contribution in [2.75, 3.05) is 0 Å². The van der Waals surface area contributed by atoms with Gasteiger partial charge in [0.1, 0.15) is 0 Å². The van der Waals surface area contributed by atoms with E-state index in [4.69, 9.17) is 5.73 Å². The van der Waals surface area contributed by atoms with E-state index in [9.17, 15) is 0 Å². The molecule has 98 valence electrons. The van der Waals surface area contributed by atoms with Crippen LogP contribution in [0.3, 0.4) is 0 Å². The lowest BCUT2D eigenvalue weighted by Crippen LogP contribution is -2.14. The molecule has 0 spiro atoms. The summed E-state index contributed by atoms with van der Waals surface area (Å²) in [4.78, 5) is 1.33. The van der Waals surface area contributed by atoms with Crippen molar-refractivity contribution < 1.29 is 0 Å². The number of nitrogens with two attached hydrogens (primary N) is 1. The van der Waals surface area contributed by atoms with Crippen molar-refractivity contribution in [1.29, 1.82) is 0 Å². The normalized spacial score (nSPS) is 12.6. The molecule has 2 heteroatoms. The van der Waals surface area contributed by atoms with Crippen LogP contribution in [-0.4, -0.2) is 0 Å². The number of fused-ring (bicyclic) bond motifs is 1. The van der Waals surface area contributed by atoms with E-state index in [1.54, 1.807) is 0 Å². The van der Waals surface area contributed by atoms with Gasteiger partial charge in [-0.15, -0.1) is 11.3 Å². The van der Waals surface area contributed by atoms with E-state index in [1.165, 1.54) is 26.1 Å². The van der Waals surface area contributed by atoms with Crippen LogP contribution in [0.2, 0.25) is 0 Å². The van der Waals surface area contributed by atoms with Crippen LogP contribution in [0.15, 0.2) is 18.2 Å². The van der Waals surface area contributed by atoms with Gasteiger partial charge in [0, 0.05) is 16.1 Å². The molecule has 1 aromatic carbocycles. The minimum Gasteiger partial charge on any atom is -0.326 e. The quantitative estimate of drug-likeness (QED) is 0.827. The van der Waals surface area contributed by atoms with Gasteiger partial charge in [0.15, 0.2) is 0 Å². The van der Waals surface area contributed by atoms with Crippen LogP contribution in [-0.2, 0) is 12.0 Å². The molecular formula is C16H23NS. The van der Waals surface area contributed by atoms with E-state index in [0.29, 0.717) is 12.5 Å². The zero-order chi connectivity index (χ0) is 13.5. The van der Waals surface area contributed by atoms with Crippen LogP contribution < -0.4 is 5.73 Å². The average molecular weight is 261 g/mol. The molecule has 0 aliphatic carbocycles. The second-order valence-corrected chi connectivity index (χ2v) is 7.40. The first kappa shape index (κ1) is 13.6. The second kappa shape index (κ2) is 4.67. The fourth-order valence-electron chi connectivity index (χ4n) is 2.49. The van der Waals surface area contributed by atoms with Crippen molar-refractivity contribution >= 4 is 21.4 Å². The van der Waals surface area contributed by atoms with Crippen LogP contribution >= 0.6 is 11.3 Å². The number of benzene rings is 1. The Labute approximate surface area is 114 Å². The molecule has 2 rings (SSSR count). The van der Waals surface area contributed by atoms with Gasteiger partial charge in [-0.1, -0.05) is 40.7 Å². The summed E-state index contributed by atoms with van der Waals surface area (Å²) in [5.74, 6) is 0.573. The zero-order valence-electron chi connectivity index (χ0n) is 12.0. The highest BCUT2D eigenvalue weighted by Crippen LogP contribution is 2.39. The van der Waals surface area contributed by atoms with Gasteiger partial charge in [0.05, 0.1) is 0 Å². The SMILES string of the molecule is CC(C)c1ccc2sc(CN)c(C(C)(C)C)c2c1. The van der Waals surface area contributed by atoms with Gasteiger partial charge in [-0.3, -0.25) is 0 Å². The monoisotopic (exact) mass is 261 g/mol. The summed E-state index contributed by atoms with van der Waals surface area (Å²) in [5, 5.41) is 1.40. The molecule has 18 heavy (non-hydrogen) atoms. The third-order valence-electron chi connectivity index (χ3n) is 3.39. The first-order valence-corrected chi connectivity index (χ1v) is 7.42. The topological polar surface area (TPSA) is 26.0 Å². The molecule has 1 nitrogen and oxygen atoms in total. The Balaban J connectivity index is 2.75. The predicted octanol–water partition coefficient (Wildman–Crippen LogP) is 4.78. The van der Waals surface area contributed by atoms with Crippen LogP contribution in [0.5, 0.6) is 0 Å². The number of hydrogen-bond donors (Lipinski definition) is 1. The van der Waals surface area contributed by atoms with E-state index < -0.39 is 0 Å². The highest BCUT2D eigenvalue weighted by atomic mass is 32.1. The molecule has 0 fully saturated rings. The largest absolute Gasteiger partial charge is 0.326 e. The van der Waals surface area contributed by atoms with E-state index in [0.717, 1.165) is 0 Å². The summed E-state index contributed by atoms with van der Waals surface area (Å²) in [6, 6.07) is 6.86. The van der Waals surface area contributed by atoms with Gasteiger partial charge in [0.25, 0.3) is 0 Å². The predicted molar refractivity (Wildman–Crippen MR) is 82.5 cm³/mol. The Morgan fingerprint density at radius 2 is 1.89 bits per heavy atom. The molecule has 1 aromatic heterocycles. The Hall–Kier alpha value is -0.860. The van der Waals surface area contributed by atoms with Gasteiger partial charge in [-0.2, -0.15) is 0 Å². The summed E-state index contributed by atoms with van der Waals surface area (Å²) in [6.45, 7) is 12.0. The fraction of sp³-hybridized carbons (Fsp3) is 0.500. The van der Waals surface area contributed by atoms with E-state index >= 15 is 0 Å². The smallest absolute Gasteiger partial charge is 0.0349 e. The molecule has 1 heterocycles. The highest BCUT2D eigenvalue weighted by Gasteiger charge is 2.23. The van der Waals surface area contributed by atoms with Gasteiger partial charge in [-0.05, 0) is 40.0 Å². The summed E-state index contributed by atoms with van der Waals surface area (Å²) in [5.41, 5.74) is 8.92. The van der Waals surface area contributed by atoms with Crippen molar-refractivity contribution in [1.82, 2.24) is 0 Å². The highest BCUT2D eigenvalue weighted by molar-refractivity contribution is 7.19. The van der Waals surface area contributed by atoms with Crippen LogP contribution in [0, 0.1) is 0 Å². The molecule has 0 atom stereocenters. The Bertz CT molecular complexity index is 558. The molecule has 0 bridgehead atoms. The maximum Gasteiger partial charge on any atom is 0.0349 e. The molecule has 2 aromatic rings. The van der Waals surface area contributed by atoms with Crippen molar-refractivity contribution in [3.63, 3.8) is 0 Å². The lowest BCUT2D eigenvalue weighted by molar-refractivity contribution is 0.591. The molecule has 2 N–H and O–H groups in total. The Morgan fingerprint density at radius 3 is 2.39 bits per heavy atom. The van der Waals surface area contributed by atoms with E-state index in [2.05, 4.69) is 52.8 Å². The Kier molecular flexibility index (Phi) is 3.52. The van der Waals surface area contributed by atoms with Gasteiger partial charge < -0.3 is 5.73 Å². The summed E-state index contributed by atoms with van der Waals surface area (Å²) in [6.07, 6.45) is 0. The van der Waals surface area contributed by atoms with Crippen molar-refractivity contribution in [2.45, 2.75) is 52.5 Å². The van der Waals surface area contributed by atoms with E-state index in [1.807, 2.05) is 11.3 Å². The number of hydrogen-bond acceptors (Lipinski definition) is 2. The van der Waals surface area contributed by atoms with Gasteiger partial charge in [-0.25, -0.2) is 0 Å². The minimum atomic E-state index is 0.155. The average Bonchev–Trinajstić information content (AvgIpc) is 2.65. The Morgan fingerprint density at radius 1 is 1.22 bits per heavy atom. The molecular weight excluding hydrogens is 238 g/mol. The third kappa shape index (κ3) is 2.32. The van der Waals surface area contributed by atoms with Gasteiger partial charge in [0.2, 0.25) is 0 Å². The molecule has 0 saturated carbocycles. The molecule has 0 radical (unpaired) electrons. The second-order valence-electron chi connectivity index (χ2n) is 6.26. The van der Waals surface area contributed by atoms with Crippen molar-refractivity contribution in [2.24, 2.45) is 5.73 Å². The molecule has 0 amide bonds. The van der Waals surface area contributed by atoms with E-state index in [-0.39, 0.29) is 5.41 Å². The lowest BCUT2D eigenvalue weighted by Gasteiger charge is -2.20. The van der Waals surface area contributed by atoms with Crippen molar-refractivity contribution in [3.8, 4) is 0 Å². The lowest BCUT2D eigenvalue weighted by atomic mass is 9.84. The minimum absolute atomic E-state index is 0.155. The molecule has 0 aliphatic rings. The zero-order valence-corrected chi connectivity index (χ0v) is 12.8. The molecule has 0 unspecified atom stereocenters. The van der Waals surface area contributed by atoms with Crippen LogP contribution in [0.25, 0.3) is 10.1 Å². The van der Waals surface area contributed by atoms with Gasteiger partial charge >= 0.3 is 0 Å². The first-order chi connectivity index (χ1) is 8.34. The summed E-state index contributed by atoms with van der Waals surface area (Å²) < 4.78 is 1.37. The maximum atomic E-state index is 5.92. The third-order valence-corrected chi connectivity index (χ3v) is 4.58. The standard InChI is InChI=1S/C16H23NS/c1-10(2)11-6-7-13-12(8-11)15(16(3,4)5)14(9-17)18-13/h6-8,10H,9,17H2,1-5H3. The number of thiophene rings is 1. The van der Waals surface area contributed by atoms with Crippen LogP contribution in [0.4, 0.5) is 0 Å². The number of rotatable bonds is 2. The maximum absolute atomic E-state index is 5.92. The van der Waals surface area contributed by atoms with Crippen LogP contribution in [0.1, 0.15) is 56.5 Å². The van der Waals surface area contributed by atoms with Crippen molar-refractivity contribution in [3.05, 3.63) is 34.2 Å². The summed E-state index contributed by atoms with van der Waals surface area (Å²) >= 11 is 1.85. The molecule has 0 aliphatic heterocycles. The first-order valence-electron chi connectivity index (χ1n) is 6.60. The fourth-order valence-corrected chi connectivity index (χ4v) is 3.77. The molecule has 0 saturated heterocycles. The summed E-state index contributed by atoms with van der Waals surface area (Å²) in [7, 11) is 0.